The number of aryl methyl sites for hydroxylation is 2. The average Bonchev–Trinajstić information content (AvgIpc) is 3.30. The molecule has 4 aromatic carbocycles. The quantitative estimate of drug-likeness (QED) is 0.256. The highest BCUT2D eigenvalue weighted by Gasteiger charge is 2.51. The molecule has 0 bridgehead atoms. The fraction of sp³-hybridized carbons (Fsp3) is 0.250. The van der Waals surface area contributed by atoms with E-state index >= 15 is 0 Å². The van der Waals surface area contributed by atoms with E-state index in [-0.39, 0.29) is 18.3 Å². The minimum Gasteiger partial charge on any atom is -0.399 e. The predicted molar refractivity (Wildman–Crippen MR) is 151 cm³/mol. The first-order valence-electron chi connectivity index (χ1n) is 12.7. The molecule has 36 heavy (non-hydrogen) atoms. The minimum atomic E-state index is -0.379. The van der Waals surface area contributed by atoms with Crippen molar-refractivity contribution >= 4 is 34.4 Å². The van der Waals surface area contributed by atoms with E-state index in [1.165, 1.54) is 44.1 Å². The number of aromatic nitrogens is 1. The van der Waals surface area contributed by atoms with Crippen molar-refractivity contribution in [3.63, 3.8) is 0 Å². The van der Waals surface area contributed by atoms with E-state index in [4.69, 9.17) is 9.31 Å². The molecule has 0 atom stereocenters. The van der Waals surface area contributed by atoms with Crippen LogP contribution in [0.5, 0.6) is 0 Å². The molecule has 0 spiro atoms. The molecule has 180 valence electrons. The molecule has 6 rings (SSSR count). The molecular weight excluding hydrogens is 441 g/mol. The van der Waals surface area contributed by atoms with Crippen LogP contribution in [0.2, 0.25) is 0 Å². The van der Waals surface area contributed by atoms with Crippen molar-refractivity contribution in [1.29, 1.82) is 0 Å². The van der Waals surface area contributed by atoms with Gasteiger partial charge >= 0.3 is 7.12 Å². The third-order valence-corrected chi connectivity index (χ3v) is 8.14. The SMILES string of the molecule is Cc1ccc(B2OC(C)(C)C(C)(C)O2)cc1-c1cc(-n2c3ccccc3c3ccccc32)ccc1C. The molecular formula is C32H32BNO2. The Labute approximate surface area is 213 Å². The van der Waals surface area contributed by atoms with Crippen molar-refractivity contribution in [2.75, 3.05) is 0 Å². The molecule has 0 N–H and O–H groups in total. The number of hydrogen-bond acceptors (Lipinski definition) is 2. The van der Waals surface area contributed by atoms with E-state index in [1.54, 1.807) is 0 Å². The van der Waals surface area contributed by atoms with Crippen LogP contribution >= 0.6 is 0 Å². The summed E-state index contributed by atoms with van der Waals surface area (Å²) in [5.74, 6) is 0. The van der Waals surface area contributed by atoms with Crippen LogP contribution < -0.4 is 5.46 Å². The summed E-state index contributed by atoms with van der Waals surface area (Å²) in [6.07, 6.45) is 0. The first-order chi connectivity index (χ1) is 17.2. The Bertz CT molecular complexity index is 1560. The normalized spacial score (nSPS) is 16.8. The van der Waals surface area contributed by atoms with Gasteiger partial charge in [0, 0.05) is 16.5 Å². The van der Waals surface area contributed by atoms with Crippen molar-refractivity contribution in [2.24, 2.45) is 0 Å². The average molecular weight is 473 g/mol. The van der Waals surface area contributed by atoms with Gasteiger partial charge < -0.3 is 13.9 Å². The Morgan fingerprint density at radius 1 is 0.611 bits per heavy atom. The van der Waals surface area contributed by atoms with Crippen LogP contribution in [-0.4, -0.2) is 22.9 Å². The van der Waals surface area contributed by atoms with Gasteiger partial charge in [0.25, 0.3) is 0 Å². The van der Waals surface area contributed by atoms with E-state index in [9.17, 15) is 0 Å². The van der Waals surface area contributed by atoms with Gasteiger partial charge in [-0.25, -0.2) is 0 Å². The fourth-order valence-electron chi connectivity index (χ4n) is 5.30. The Kier molecular flexibility index (Phi) is 5.19. The lowest BCUT2D eigenvalue weighted by atomic mass is 9.77. The fourth-order valence-corrected chi connectivity index (χ4v) is 5.30. The Balaban J connectivity index is 1.50. The van der Waals surface area contributed by atoms with Crippen molar-refractivity contribution in [1.82, 2.24) is 4.57 Å². The zero-order valence-corrected chi connectivity index (χ0v) is 21.9. The van der Waals surface area contributed by atoms with Gasteiger partial charge in [-0.05, 0) is 93.5 Å². The highest BCUT2D eigenvalue weighted by atomic mass is 16.7. The van der Waals surface area contributed by atoms with E-state index in [0.29, 0.717) is 0 Å². The zero-order valence-electron chi connectivity index (χ0n) is 21.9. The first-order valence-corrected chi connectivity index (χ1v) is 12.7. The maximum absolute atomic E-state index is 6.36. The van der Waals surface area contributed by atoms with E-state index in [0.717, 1.165) is 11.2 Å². The van der Waals surface area contributed by atoms with Crippen LogP contribution in [0.1, 0.15) is 38.8 Å². The lowest BCUT2D eigenvalue weighted by Gasteiger charge is -2.32. The smallest absolute Gasteiger partial charge is 0.399 e. The van der Waals surface area contributed by atoms with Gasteiger partial charge in [0.2, 0.25) is 0 Å². The van der Waals surface area contributed by atoms with E-state index in [2.05, 4.69) is 131 Å². The second kappa shape index (κ2) is 8.09. The molecule has 0 saturated carbocycles. The molecule has 0 aliphatic carbocycles. The molecule has 1 saturated heterocycles. The van der Waals surface area contributed by atoms with Crippen LogP contribution in [-0.2, 0) is 9.31 Å². The number of para-hydroxylation sites is 2. The van der Waals surface area contributed by atoms with Crippen LogP contribution in [0.4, 0.5) is 0 Å². The maximum atomic E-state index is 6.36. The predicted octanol–water partition coefficient (Wildman–Crippen LogP) is 7.37. The summed E-state index contributed by atoms with van der Waals surface area (Å²) in [5.41, 5.74) is 8.83. The monoisotopic (exact) mass is 473 g/mol. The molecule has 5 aromatic rings. The van der Waals surface area contributed by atoms with Crippen molar-refractivity contribution in [2.45, 2.75) is 52.7 Å². The van der Waals surface area contributed by atoms with Gasteiger partial charge in [0.05, 0.1) is 22.2 Å². The molecule has 3 nitrogen and oxygen atoms in total. The minimum absolute atomic E-state index is 0.366. The van der Waals surface area contributed by atoms with Gasteiger partial charge in [-0.3, -0.25) is 0 Å². The van der Waals surface area contributed by atoms with Crippen molar-refractivity contribution in [3.05, 3.63) is 96.1 Å². The number of benzene rings is 4. The third-order valence-electron chi connectivity index (χ3n) is 8.14. The number of nitrogens with zero attached hydrogens (tertiary/aromatic N) is 1. The van der Waals surface area contributed by atoms with Gasteiger partial charge in [-0.2, -0.15) is 0 Å². The summed E-state index contributed by atoms with van der Waals surface area (Å²) in [6, 6.07) is 30.6. The summed E-state index contributed by atoms with van der Waals surface area (Å²) in [5, 5.41) is 2.54. The summed E-state index contributed by atoms with van der Waals surface area (Å²) in [7, 11) is -0.379. The van der Waals surface area contributed by atoms with Gasteiger partial charge in [0.15, 0.2) is 0 Å². The van der Waals surface area contributed by atoms with Crippen LogP contribution in [0.3, 0.4) is 0 Å². The summed E-state index contributed by atoms with van der Waals surface area (Å²) in [4.78, 5) is 0. The summed E-state index contributed by atoms with van der Waals surface area (Å²) in [6.45, 7) is 12.8. The lowest BCUT2D eigenvalue weighted by Crippen LogP contribution is -2.41. The Hall–Kier alpha value is -3.34. The van der Waals surface area contributed by atoms with E-state index < -0.39 is 0 Å². The van der Waals surface area contributed by atoms with Crippen LogP contribution in [0.15, 0.2) is 84.9 Å². The largest absolute Gasteiger partial charge is 0.494 e. The summed E-state index contributed by atoms with van der Waals surface area (Å²) >= 11 is 0. The highest BCUT2D eigenvalue weighted by molar-refractivity contribution is 6.62. The highest BCUT2D eigenvalue weighted by Crippen LogP contribution is 2.38. The number of hydrogen-bond donors (Lipinski definition) is 0. The van der Waals surface area contributed by atoms with Crippen LogP contribution in [0.25, 0.3) is 38.6 Å². The molecule has 0 radical (unpaired) electrons. The number of rotatable bonds is 3. The van der Waals surface area contributed by atoms with Gasteiger partial charge in [-0.1, -0.05) is 60.7 Å². The standard InChI is InChI=1S/C32H32BNO2/c1-21-15-17-23(33-35-31(3,4)32(5,6)36-33)19-27(21)28-20-24(18-16-22(28)2)34-29-13-9-7-11-25(29)26-12-8-10-14-30(26)34/h7-20H,1-6H3. The molecule has 2 heterocycles. The molecule has 0 amide bonds. The zero-order chi connectivity index (χ0) is 25.2. The third kappa shape index (κ3) is 3.51. The summed E-state index contributed by atoms with van der Waals surface area (Å²) < 4.78 is 15.1. The number of fused-ring (bicyclic) bond motifs is 3. The van der Waals surface area contributed by atoms with E-state index in [1.807, 2.05) is 0 Å². The first kappa shape index (κ1) is 23.1. The Morgan fingerprint density at radius 2 is 1.11 bits per heavy atom. The molecule has 1 fully saturated rings. The molecule has 1 aliphatic heterocycles. The molecule has 4 heteroatoms. The van der Waals surface area contributed by atoms with Crippen LogP contribution in [0, 0.1) is 13.8 Å². The van der Waals surface area contributed by atoms with Gasteiger partial charge in [0.1, 0.15) is 0 Å². The molecule has 0 unspecified atom stereocenters. The van der Waals surface area contributed by atoms with Crippen molar-refractivity contribution < 1.29 is 9.31 Å². The van der Waals surface area contributed by atoms with Gasteiger partial charge in [-0.15, -0.1) is 0 Å². The second-order valence-electron chi connectivity index (χ2n) is 11.0. The topological polar surface area (TPSA) is 23.4 Å². The molecule has 1 aliphatic rings. The molecule has 1 aromatic heterocycles. The maximum Gasteiger partial charge on any atom is 0.494 e. The second-order valence-corrected chi connectivity index (χ2v) is 11.0. The lowest BCUT2D eigenvalue weighted by molar-refractivity contribution is 0.00578. The van der Waals surface area contributed by atoms with Crippen molar-refractivity contribution in [3.8, 4) is 16.8 Å². The Morgan fingerprint density at radius 3 is 1.69 bits per heavy atom.